The summed E-state index contributed by atoms with van der Waals surface area (Å²) >= 11 is 0. The number of amides is 1. The minimum absolute atomic E-state index is 0. The molecule has 1 saturated heterocycles. The fourth-order valence-corrected chi connectivity index (χ4v) is 2.20. The van der Waals surface area contributed by atoms with Gasteiger partial charge in [0.25, 0.3) is 11.6 Å². The quantitative estimate of drug-likeness (QED) is 0.630. The van der Waals surface area contributed by atoms with Crippen molar-refractivity contribution in [2.45, 2.75) is 6.92 Å². The van der Waals surface area contributed by atoms with Gasteiger partial charge in [0.05, 0.1) is 4.92 Å². The highest BCUT2D eigenvalue weighted by Crippen LogP contribution is 2.15. The molecule has 0 saturated carbocycles. The largest absolute Gasteiger partial charge is 0.336 e. The molecule has 20 heavy (non-hydrogen) atoms. The third-order valence-corrected chi connectivity index (χ3v) is 3.41. The zero-order chi connectivity index (χ0) is 13.8. The normalized spacial score (nSPS) is 15.6. The van der Waals surface area contributed by atoms with Gasteiger partial charge in [0.15, 0.2) is 0 Å². The molecule has 1 aliphatic rings. The molecular weight excluding hydrogens is 282 g/mol. The Morgan fingerprint density at radius 1 is 1.30 bits per heavy atom. The summed E-state index contributed by atoms with van der Waals surface area (Å²) in [7, 11) is 0. The van der Waals surface area contributed by atoms with E-state index >= 15 is 0 Å². The van der Waals surface area contributed by atoms with Crippen LogP contribution in [-0.2, 0) is 0 Å². The van der Waals surface area contributed by atoms with E-state index in [1.807, 2.05) is 0 Å². The molecule has 1 heterocycles. The fourth-order valence-electron chi connectivity index (χ4n) is 2.20. The predicted molar refractivity (Wildman–Crippen MR) is 78.4 cm³/mol. The first kappa shape index (κ1) is 16.4. The molecule has 0 aliphatic carbocycles. The summed E-state index contributed by atoms with van der Waals surface area (Å²) in [6.07, 6.45) is 0. The first-order valence-electron chi connectivity index (χ1n) is 6.38. The van der Waals surface area contributed by atoms with E-state index in [0.29, 0.717) is 18.7 Å². The Morgan fingerprint density at radius 3 is 2.50 bits per heavy atom. The monoisotopic (exact) mass is 299 g/mol. The standard InChI is InChI=1S/C13H17N3O3.ClH/c1-2-14-6-8-15(9-7-14)13(17)11-4-3-5-12(10-11)16(18)19;/h3-5,10H,2,6-9H2,1H3;1H. The van der Waals surface area contributed by atoms with Gasteiger partial charge < -0.3 is 9.80 Å². The Hall–Kier alpha value is -1.66. The van der Waals surface area contributed by atoms with Crippen LogP contribution in [0.4, 0.5) is 5.69 Å². The van der Waals surface area contributed by atoms with Gasteiger partial charge in [-0.15, -0.1) is 12.4 Å². The minimum atomic E-state index is -0.480. The van der Waals surface area contributed by atoms with Crippen molar-refractivity contribution in [2.75, 3.05) is 32.7 Å². The lowest BCUT2D eigenvalue weighted by Crippen LogP contribution is -2.48. The van der Waals surface area contributed by atoms with Crippen LogP contribution in [-0.4, -0.2) is 53.4 Å². The Bertz CT molecular complexity index is 488. The van der Waals surface area contributed by atoms with Crippen LogP contribution in [0, 0.1) is 10.1 Å². The van der Waals surface area contributed by atoms with Crippen LogP contribution < -0.4 is 0 Å². The van der Waals surface area contributed by atoms with Crippen molar-refractivity contribution in [2.24, 2.45) is 0 Å². The second-order valence-electron chi connectivity index (χ2n) is 4.53. The van der Waals surface area contributed by atoms with E-state index in [9.17, 15) is 14.9 Å². The van der Waals surface area contributed by atoms with Crippen molar-refractivity contribution in [3.05, 3.63) is 39.9 Å². The lowest BCUT2D eigenvalue weighted by Gasteiger charge is -2.34. The predicted octanol–water partition coefficient (Wildman–Crippen LogP) is 1.79. The van der Waals surface area contributed by atoms with E-state index < -0.39 is 4.92 Å². The Labute approximate surface area is 123 Å². The highest BCUT2D eigenvalue weighted by atomic mass is 35.5. The average Bonchev–Trinajstić information content (AvgIpc) is 2.46. The third-order valence-electron chi connectivity index (χ3n) is 3.41. The van der Waals surface area contributed by atoms with Crippen molar-refractivity contribution < 1.29 is 9.72 Å². The molecule has 0 radical (unpaired) electrons. The second-order valence-corrected chi connectivity index (χ2v) is 4.53. The summed E-state index contributed by atoms with van der Waals surface area (Å²) in [6.45, 7) is 6.15. The van der Waals surface area contributed by atoms with Gasteiger partial charge in [0, 0.05) is 43.9 Å². The SMILES string of the molecule is CCN1CCN(C(=O)c2cccc([N+](=O)[O-])c2)CC1.Cl. The first-order chi connectivity index (χ1) is 9.11. The molecule has 6 nitrogen and oxygen atoms in total. The van der Waals surface area contributed by atoms with E-state index in [0.717, 1.165) is 19.6 Å². The second kappa shape index (κ2) is 7.21. The number of hydrogen-bond donors (Lipinski definition) is 0. The van der Waals surface area contributed by atoms with E-state index in [1.54, 1.807) is 17.0 Å². The van der Waals surface area contributed by atoms with Gasteiger partial charge in [0.2, 0.25) is 0 Å². The number of nitrogens with zero attached hydrogens (tertiary/aromatic N) is 3. The summed E-state index contributed by atoms with van der Waals surface area (Å²) in [4.78, 5) is 26.5. The van der Waals surface area contributed by atoms with Crippen molar-refractivity contribution in [1.82, 2.24) is 9.80 Å². The average molecular weight is 300 g/mol. The summed E-state index contributed by atoms with van der Waals surface area (Å²) < 4.78 is 0. The number of hydrogen-bond acceptors (Lipinski definition) is 4. The van der Waals surface area contributed by atoms with Gasteiger partial charge in [0.1, 0.15) is 0 Å². The van der Waals surface area contributed by atoms with Crippen LogP contribution in [0.1, 0.15) is 17.3 Å². The van der Waals surface area contributed by atoms with Crippen LogP contribution in [0.2, 0.25) is 0 Å². The van der Waals surface area contributed by atoms with E-state index in [4.69, 9.17) is 0 Å². The molecule has 0 spiro atoms. The molecule has 0 unspecified atom stereocenters. The highest BCUT2D eigenvalue weighted by molar-refractivity contribution is 5.94. The molecule has 0 atom stereocenters. The van der Waals surface area contributed by atoms with Crippen molar-refractivity contribution >= 4 is 24.0 Å². The number of likely N-dealkylation sites (N-methyl/N-ethyl adjacent to an activating group) is 1. The molecule has 2 rings (SSSR count). The molecule has 1 aromatic carbocycles. The lowest BCUT2D eigenvalue weighted by atomic mass is 10.1. The third kappa shape index (κ3) is 3.68. The van der Waals surface area contributed by atoms with E-state index in [2.05, 4.69) is 11.8 Å². The zero-order valence-corrected chi connectivity index (χ0v) is 12.1. The van der Waals surface area contributed by atoms with Crippen molar-refractivity contribution in [3.8, 4) is 0 Å². The van der Waals surface area contributed by atoms with Crippen molar-refractivity contribution in [3.63, 3.8) is 0 Å². The van der Waals surface area contributed by atoms with Gasteiger partial charge in [-0.05, 0) is 12.6 Å². The number of nitro groups is 1. The Balaban J connectivity index is 0.00000200. The van der Waals surface area contributed by atoms with Gasteiger partial charge >= 0.3 is 0 Å². The molecule has 110 valence electrons. The number of carbonyl (C=O) groups excluding carboxylic acids is 1. The van der Waals surface area contributed by atoms with Crippen LogP contribution in [0.25, 0.3) is 0 Å². The van der Waals surface area contributed by atoms with Crippen molar-refractivity contribution in [1.29, 1.82) is 0 Å². The summed E-state index contributed by atoms with van der Waals surface area (Å²) in [5.41, 5.74) is 0.345. The molecule has 7 heteroatoms. The molecule has 0 N–H and O–H groups in total. The maximum Gasteiger partial charge on any atom is 0.270 e. The molecule has 1 fully saturated rings. The number of rotatable bonds is 3. The molecule has 0 bridgehead atoms. The maximum atomic E-state index is 12.3. The van der Waals surface area contributed by atoms with Gasteiger partial charge in [-0.25, -0.2) is 0 Å². The summed E-state index contributed by atoms with van der Waals surface area (Å²) in [5, 5.41) is 10.7. The minimum Gasteiger partial charge on any atom is -0.336 e. The van der Waals surface area contributed by atoms with Crippen LogP contribution >= 0.6 is 12.4 Å². The number of carbonyl (C=O) groups is 1. The summed E-state index contributed by atoms with van der Waals surface area (Å²) in [6, 6.07) is 5.91. The zero-order valence-electron chi connectivity index (χ0n) is 11.3. The van der Waals surface area contributed by atoms with E-state index in [-0.39, 0.29) is 24.0 Å². The van der Waals surface area contributed by atoms with Gasteiger partial charge in [-0.1, -0.05) is 13.0 Å². The highest BCUT2D eigenvalue weighted by Gasteiger charge is 2.22. The summed E-state index contributed by atoms with van der Waals surface area (Å²) in [5.74, 6) is -0.126. The number of non-ortho nitro benzene ring substituents is 1. The smallest absolute Gasteiger partial charge is 0.270 e. The Kier molecular flexibility index (Phi) is 5.91. The topological polar surface area (TPSA) is 66.7 Å². The van der Waals surface area contributed by atoms with Crippen LogP contribution in [0.5, 0.6) is 0 Å². The number of benzene rings is 1. The van der Waals surface area contributed by atoms with Gasteiger partial charge in [-0.2, -0.15) is 0 Å². The van der Waals surface area contributed by atoms with E-state index in [1.165, 1.54) is 12.1 Å². The van der Waals surface area contributed by atoms with Crippen LogP contribution in [0.3, 0.4) is 0 Å². The first-order valence-corrected chi connectivity index (χ1v) is 6.38. The maximum absolute atomic E-state index is 12.3. The lowest BCUT2D eigenvalue weighted by molar-refractivity contribution is -0.384. The number of halogens is 1. The van der Waals surface area contributed by atoms with Gasteiger partial charge in [-0.3, -0.25) is 14.9 Å². The molecule has 0 aromatic heterocycles. The number of piperazine rings is 1. The van der Waals surface area contributed by atoms with Crippen LogP contribution in [0.15, 0.2) is 24.3 Å². The number of nitro benzene ring substituents is 1. The fraction of sp³-hybridized carbons (Fsp3) is 0.462. The Morgan fingerprint density at radius 2 is 1.95 bits per heavy atom. The molecular formula is C13H18ClN3O3. The molecule has 1 aromatic rings. The molecule has 1 amide bonds. The molecule has 1 aliphatic heterocycles.